The first-order chi connectivity index (χ1) is 19.7. The molecule has 8 nitrogen and oxygen atoms in total. The maximum Gasteiger partial charge on any atom is 0.253 e. The third-order valence-corrected chi connectivity index (χ3v) is 6.86. The van der Waals surface area contributed by atoms with Gasteiger partial charge in [-0.05, 0) is 61.0 Å². The van der Waals surface area contributed by atoms with Gasteiger partial charge in [0.2, 0.25) is 0 Å². The van der Waals surface area contributed by atoms with Crippen LogP contribution in [0, 0.1) is 0 Å². The second kappa shape index (κ2) is 13.3. The molecular formula is C31H28N6O2S. The standard InChI is InChI=1S/C31H28N6O2S/c1-23(30(38)35-33-21-24-12-11-19-28(20-24)39-27-17-9-4-10-18-27)40-31-36-34-29(22-32-25-13-5-2-6-14-25)37(31)26-15-7-3-8-16-26/h2-21,23,32H,22H2,1H3,(H,35,38)/b33-21-/t23-/m1/s1. The van der Waals surface area contributed by atoms with E-state index in [1.165, 1.54) is 11.8 Å². The molecule has 0 spiro atoms. The molecule has 9 heteroatoms. The summed E-state index contributed by atoms with van der Waals surface area (Å²) >= 11 is 1.32. The molecule has 0 aliphatic carbocycles. The summed E-state index contributed by atoms with van der Waals surface area (Å²) in [5.41, 5.74) is 5.34. The number of hydrazone groups is 1. The fourth-order valence-electron chi connectivity index (χ4n) is 3.82. The SMILES string of the molecule is C[C@@H](Sc1nnc(CNc2ccccc2)n1-c1ccccc1)C(=O)N/N=C\c1cccc(Oc2ccccc2)c1. The van der Waals surface area contributed by atoms with Crippen molar-refractivity contribution in [2.24, 2.45) is 5.10 Å². The number of thioether (sulfide) groups is 1. The lowest BCUT2D eigenvalue weighted by Crippen LogP contribution is -2.27. The van der Waals surface area contributed by atoms with Crippen molar-refractivity contribution in [3.05, 3.63) is 127 Å². The van der Waals surface area contributed by atoms with Crippen molar-refractivity contribution in [2.45, 2.75) is 23.9 Å². The molecule has 0 saturated carbocycles. The van der Waals surface area contributed by atoms with Gasteiger partial charge in [-0.15, -0.1) is 10.2 Å². The number of anilines is 1. The fraction of sp³-hybridized carbons (Fsp3) is 0.0968. The maximum absolute atomic E-state index is 12.9. The van der Waals surface area contributed by atoms with Crippen LogP contribution in [0.1, 0.15) is 18.3 Å². The Morgan fingerprint density at radius 3 is 2.33 bits per heavy atom. The smallest absolute Gasteiger partial charge is 0.253 e. The highest BCUT2D eigenvalue weighted by Gasteiger charge is 2.21. The Hall–Kier alpha value is -4.89. The zero-order valence-corrected chi connectivity index (χ0v) is 22.7. The van der Waals surface area contributed by atoms with E-state index in [0.29, 0.717) is 17.5 Å². The van der Waals surface area contributed by atoms with Gasteiger partial charge < -0.3 is 10.1 Å². The summed E-state index contributed by atoms with van der Waals surface area (Å²) in [6.45, 7) is 2.29. The summed E-state index contributed by atoms with van der Waals surface area (Å²) in [5.74, 6) is 1.92. The lowest BCUT2D eigenvalue weighted by molar-refractivity contribution is -0.120. The molecule has 1 aromatic heterocycles. The van der Waals surface area contributed by atoms with Crippen LogP contribution >= 0.6 is 11.8 Å². The Morgan fingerprint density at radius 2 is 1.57 bits per heavy atom. The van der Waals surface area contributed by atoms with Crippen molar-refractivity contribution in [3.8, 4) is 17.2 Å². The van der Waals surface area contributed by atoms with E-state index >= 15 is 0 Å². The predicted molar refractivity (Wildman–Crippen MR) is 159 cm³/mol. The van der Waals surface area contributed by atoms with Crippen molar-refractivity contribution in [3.63, 3.8) is 0 Å². The van der Waals surface area contributed by atoms with Crippen molar-refractivity contribution >= 4 is 29.6 Å². The average molecular weight is 549 g/mol. The molecule has 1 amide bonds. The molecule has 5 rings (SSSR count). The van der Waals surface area contributed by atoms with Crippen molar-refractivity contribution in [1.29, 1.82) is 0 Å². The molecule has 1 heterocycles. The van der Waals surface area contributed by atoms with Gasteiger partial charge >= 0.3 is 0 Å². The molecule has 2 N–H and O–H groups in total. The number of para-hydroxylation sites is 3. The zero-order valence-electron chi connectivity index (χ0n) is 21.8. The van der Waals surface area contributed by atoms with Gasteiger partial charge in [0, 0.05) is 11.4 Å². The van der Waals surface area contributed by atoms with Gasteiger partial charge in [0.15, 0.2) is 11.0 Å². The molecular weight excluding hydrogens is 520 g/mol. The molecule has 0 aliphatic rings. The monoisotopic (exact) mass is 548 g/mol. The van der Waals surface area contributed by atoms with E-state index in [1.54, 1.807) is 6.21 Å². The van der Waals surface area contributed by atoms with Gasteiger partial charge in [0.1, 0.15) is 11.5 Å². The molecule has 0 radical (unpaired) electrons. The first-order valence-corrected chi connectivity index (χ1v) is 13.6. The minimum atomic E-state index is -0.466. The number of benzene rings is 4. The highest BCUT2D eigenvalue weighted by atomic mass is 32.2. The van der Waals surface area contributed by atoms with Crippen molar-refractivity contribution in [2.75, 3.05) is 5.32 Å². The van der Waals surface area contributed by atoms with Gasteiger partial charge in [-0.3, -0.25) is 9.36 Å². The Morgan fingerprint density at radius 1 is 0.900 bits per heavy atom. The normalized spacial score (nSPS) is 11.7. The van der Waals surface area contributed by atoms with Crippen LogP contribution in [0.2, 0.25) is 0 Å². The molecule has 0 bridgehead atoms. The third-order valence-electron chi connectivity index (χ3n) is 5.82. The van der Waals surface area contributed by atoms with Gasteiger partial charge in [-0.25, -0.2) is 5.43 Å². The lowest BCUT2D eigenvalue weighted by Gasteiger charge is -2.13. The van der Waals surface area contributed by atoms with Crippen LogP contribution in [0.15, 0.2) is 126 Å². The number of nitrogens with zero attached hydrogens (tertiary/aromatic N) is 4. The summed E-state index contributed by atoms with van der Waals surface area (Å²) in [6, 6.07) is 36.8. The average Bonchev–Trinajstić information content (AvgIpc) is 3.40. The summed E-state index contributed by atoms with van der Waals surface area (Å²) in [6.07, 6.45) is 1.59. The molecule has 0 fully saturated rings. The van der Waals surface area contributed by atoms with Crippen LogP contribution in [-0.2, 0) is 11.3 Å². The first-order valence-electron chi connectivity index (χ1n) is 12.8. The van der Waals surface area contributed by atoms with Crippen molar-refractivity contribution < 1.29 is 9.53 Å². The molecule has 4 aromatic carbocycles. The second-order valence-electron chi connectivity index (χ2n) is 8.77. The van der Waals surface area contributed by atoms with Crippen LogP contribution in [0.3, 0.4) is 0 Å². The van der Waals surface area contributed by atoms with Crippen LogP contribution in [0.25, 0.3) is 5.69 Å². The summed E-state index contributed by atoms with van der Waals surface area (Å²) in [7, 11) is 0. The molecule has 40 heavy (non-hydrogen) atoms. The van der Waals surface area contributed by atoms with Gasteiger partial charge in [-0.1, -0.05) is 78.5 Å². The molecule has 1 atom stereocenters. The zero-order chi connectivity index (χ0) is 27.6. The maximum atomic E-state index is 12.9. The number of hydrogen-bond acceptors (Lipinski definition) is 7. The number of hydrogen-bond donors (Lipinski definition) is 2. The molecule has 0 aliphatic heterocycles. The number of ether oxygens (including phenoxy) is 1. The highest BCUT2D eigenvalue weighted by Crippen LogP contribution is 2.26. The summed E-state index contributed by atoms with van der Waals surface area (Å²) in [5, 5.41) is 16.5. The highest BCUT2D eigenvalue weighted by molar-refractivity contribution is 8.00. The van der Waals surface area contributed by atoms with E-state index in [-0.39, 0.29) is 5.91 Å². The molecule has 5 aromatic rings. The fourth-order valence-corrected chi connectivity index (χ4v) is 4.70. The molecule has 200 valence electrons. The number of aromatic nitrogens is 3. The number of carbonyl (C=O) groups is 1. The van der Waals surface area contributed by atoms with Crippen LogP contribution in [0.4, 0.5) is 5.69 Å². The van der Waals surface area contributed by atoms with Gasteiger partial charge in [0.05, 0.1) is 18.0 Å². The number of nitrogens with one attached hydrogen (secondary N) is 2. The first kappa shape index (κ1) is 26.7. The Bertz CT molecular complexity index is 1560. The molecule has 0 saturated heterocycles. The van der Waals surface area contributed by atoms with E-state index in [9.17, 15) is 4.79 Å². The van der Waals surface area contributed by atoms with Crippen LogP contribution in [-0.4, -0.2) is 32.1 Å². The van der Waals surface area contributed by atoms with E-state index in [4.69, 9.17) is 4.74 Å². The number of rotatable bonds is 11. The van der Waals surface area contributed by atoms with Gasteiger partial charge in [0.25, 0.3) is 5.91 Å². The predicted octanol–water partition coefficient (Wildman–Crippen LogP) is 6.30. The largest absolute Gasteiger partial charge is 0.457 e. The third kappa shape index (κ3) is 7.15. The minimum Gasteiger partial charge on any atom is -0.457 e. The molecule has 0 unspecified atom stereocenters. The Balaban J connectivity index is 1.23. The van der Waals surface area contributed by atoms with E-state index in [0.717, 1.165) is 28.5 Å². The van der Waals surface area contributed by atoms with E-state index in [2.05, 4.69) is 26.0 Å². The minimum absolute atomic E-state index is 0.246. The summed E-state index contributed by atoms with van der Waals surface area (Å²) in [4.78, 5) is 12.9. The van der Waals surface area contributed by atoms with Gasteiger partial charge in [-0.2, -0.15) is 5.10 Å². The quantitative estimate of drug-likeness (QED) is 0.114. The lowest BCUT2D eigenvalue weighted by atomic mass is 10.2. The van der Waals surface area contributed by atoms with Crippen LogP contribution < -0.4 is 15.5 Å². The van der Waals surface area contributed by atoms with E-state index in [1.807, 2.05) is 127 Å². The Kier molecular flexibility index (Phi) is 8.85. The number of amides is 1. The van der Waals surface area contributed by atoms with Crippen molar-refractivity contribution in [1.82, 2.24) is 20.2 Å². The van der Waals surface area contributed by atoms with E-state index < -0.39 is 5.25 Å². The second-order valence-corrected chi connectivity index (χ2v) is 10.1. The van der Waals surface area contributed by atoms with Crippen LogP contribution in [0.5, 0.6) is 11.5 Å². The number of carbonyl (C=O) groups excluding carboxylic acids is 1. The summed E-state index contributed by atoms with van der Waals surface area (Å²) < 4.78 is 7.84. The Labute approximate surface area is 237 Å². The topological polar surface area (TPSA) is 93.4 Å².